The smallest absolute Gasteiger partial charge is 0.270 e. The molecule has 0 bridgehead atoms. The van der Waals surface area contributed by atoms with Gasteiger partial charge >= 0.3 is 0 Å². The van der Waals surface area contributed by atoms with Crippen molar-refractivity contribution in [3.8, 4) is 5.75 Å². The van der Waals surface area contributed by atoms with Gasteiger partial charge in [0.25, 0.3) is 15.9 Å². The lowest BCUT2D eigenvalue weighted by Crippen LogP contribution is -2.36. The van der Waals surface area contributed by atoms with Crippen molar-refractivity contribution in [1.82, 2.24) is 14.9 Å². The van der Waals surface area contributed by atoms with Gasteiger partial charge in [0.15, 0.2) is 0 Å². The fraction of sp³-hybridized carbons (Fsp3) is 0.250. The van der Waals surface area contributed by atoms with Crippen LogP contribution in [0.1, 0.15) is 28.4 Å². The van der Waals surface area contributed by atoms with Crippen LogP contribution in [0.15, 0.2) is 52.9 Å². The summed E-state index contributed by atoms with van der Waals surface area (Å²) in [7, 11) is -3.89. The zero-order valence-corrected chi connectivity index (χ0v) is 18.4. The first-order valence-electron chi connectivity index (χ1n) is 9.17. The number of nitrogens with one attached hydrogen (secondary N) is 2. The predicted molar refractivity (Wildman–Crippen MR) is 115 cm³/mol. The summed E-state index contributed by atoms with van der Waals surface area (Å²) in [6.07, 6.45) is 0. The van der Waals surface area contributed by atoms with Crippen LogP contribution >= 0.6 is 11.3 Å². The van der Waals surface area contributed by atoms with Crippen molar-refractivity contribution in [3.63, 3.8) is 0 Å². The molecule has 1 heterocycles. The number of aromatic nitrogens is 2. The lowest BCUT2D eigenvalue weighted by molar-refractivity contribution is 0.102. The zero-order chi connectivity index (χ0) is 21.7. The molecule has 0 aliphatic rings. The molecule has 0 aliphatic heterocycles. The number of anilines is 1. The quantitative estimate of drug-likeness (QED) is 0.514. The van der Waals surface area contributed by atoms with Crippen LogP contribution in [0, 0.1) is 13.8 Å². The maximum Gasteiger partial charge on any atom is 0.270 e. The Bertz CT molecular complexity index is 1130. The molecule has 30 heavy (non-hydrogen) atoms. The summed E-state index contributed by atoms with van der Waals surface area (Å²) < 4.78 is 33.1. The third kappa shape index (κ3) is 5.62. The van der Waals surface area contributed by atoms with Gasteiger partial charge in [-0.25, -0.2) is 13.1 Å². The number of amides is 1. The van der Waals surface area contributed by atoms with Gasteiger partial charge in [0, 0.05) is 5.56 Å². The third-order valence-corrected chi connectivity index (χ3v) is 7.02. The number of ether oxygens (including phenoxy) is 1. The van der Waals surface area contributed by atoms with Crippen molar-refractivity contribution < 1.29 is 17.9 Å². The van der Waals surface area contributed by atoms with Crippen molar-refractivity contribution in [2.75, 3.05) is 11.9 Å². The number of hydrogen-bond donors (Lipinski definition) is 2. The Morgan fingerprint density at radius 3 is 2.53 bits per heavy atom. The molecule has 1 unspecified atom stereocenters. The van der Waals surface area contributed by atoms with E-state index in [2.05, 4.69) is 20.2 Å². The second-order valence-electron chi connectivity index (χ2n) is 6.77. The minimum absolute atomic E-state index is 0.100. The van der Waals surface area contributed by atoms with Crippen LogP contribution in [-0.2, 0) is 10.0 Å². The Morgan fingerprint density at radius 1 is 1.10 bits per heavy atom. The van der Waals surface area contributed by atoms with Gasteiger partial charge in [-0.15, -0.1) is 10.2 Å². The Balaban J connectivity index is 1.58. The van der Waals surface area contributed by atoms with Gasteiger partial charge in [-0.05, 0) is 56.2 Å². The molecule has 0 radical (unpaired) electrons. The van der Waals surface area contributed by atoms with Crippen LogP contribution in [0.4, 0.5) is 5.13 Å². The molecule has 2 N–H and O–H groups in total. The Hall–Kier alpha value is -2.82. The number of nitrogens with zero attached hydrogens (tertiary/aromatic N) is 2. The van der Waals surface area contributed by atoms with Crippen LogP contribution in [-0.4, -0.2) is 37.2 Å². The molecule has 0 aliphatic carbocycles. The maximum atomic E-state index is 12.6. The minimum Gasteiger partial charge on any atom is -0.492 e. The van der Waals surface area contributed by atoms with Crippen molar-refractivity contribution in [2.45, 2.75) is 31.2 Å². The third-order valence-electron chi connectivity index (χ3n) is 4.23. The van der Waals surface area contributed by atoms with Gasteiger partial charge in [0.2, 0.25) is 9.47 Å². The van der Waals surface area contributed by atoms with Crippen LogP contribution < -0.4 is 14.8 Å². The second-order valence-corrected chi connectivity index (χ2v) is 9.64. The Kier molecular flexibility index (Phi) is 6.80. The van der Waals surface area contributed by atoms with Gasteiger partial charge in [-0.2, -0.15) is 0 Å². The van der Waals surface area contributed by atoms with E-state index in [1.165, 1.54) is 0 Å². The molecule has 0 saturated heterocycles. The number of carbonyl (C=O) groups excluding carboxylic acids is 1. The van der Waals surface area contributed by atoms with Gasteiger partial charge in [0.1, 0.15) is 12.4 Å². The van der Waals surface area contributed by atoms with Gasteiger partial charge < -0.3 is 4.74 Å². The van der Waals surface area contributed by atoms with Gasteiger partial charge in [-0.1, -0.05) is 35.6 Å². The summed E-state index contributed by atoms with van der Waals surface area (Å²) in [6, 6.07) is 13.8. The molecule has 3 aromatic rings. The molecule has 0 fully saturated rings. The molecule has 2 aromatic carbocycles. The molecule has 1 amide bonds. The summed E-state index contributed by atoms with van der Waals surface area (Å²) in [5, 5.41) is 10.1. The summed E-state index contributed by atoms with van der Waals surface area (Å²) >= 11 is 0.777. The van der Waals surface area contributed by atoms with Gasteiger partial charge in [-0.3, -0.25) is 10.1 Å². The second kappa shape index (κ2) is 9.33. The lowest BCUT2D eigenvalue weighted by Gasteiger charge is -2.14. The van der Waals surface area contributed by atoms with Crippen molar-refractivity contribution in [3.05, 3.63) is 65.2 Å². The molecule has 8 nitrogen and oxygen atoms in total. The first kappa shape index (κ1) is 21.9. The minimum atomic E-state index is -3.89. The van der Waals surface area contributed by atoms with Crippen molar-refractivity contribution in [2.24, 2.45) is 0 Å². The highest BCUT2D eigenvalue weighted by atomic mass is 32.2. The molecule has 3 rings (SSSR count). The number of carbonyl (C=O) groups is 1. The average Bonchev–Trinajstić information content (AvgIpc) is 3.19. The van der Waals surface area contributed by atoms with E-state index in [-0.39, 0.29) is 22.0 Å². The molecular weight excluding hydrogens is 424 g/mol. The molecule has 158 valence electrons. The summed E-state index contributed by atoms with van der Waals surface area (Å²) in [4.78, 5) is 12.2. The largest absolute Gasteiger partial charge is 0.492 e. The van der Waals surface area contributed by atoms with E-state index in [9.17, 15) is 13.2 Å². The van der Waals surface area contributed by atoms with E-state index in [1.807, 2.05) is 32.0 Å². The highest BCUT2D eigenvalue weighted by Crippen LogP contribution is 2.21. The topological polar surface area (TPSA) is 110 Å². The molecule has 10 heteroatoms. The van der Waals surface area contributed by atoms with E-state index in [0.717, 1.165) is 22.5 Å². The van der Waals surface area contributed by atoms with Gasteiger partial charge in [0.05, 0.1) is 6.04 Å². The van der Waals surface area contributed by atoms with Crippen LogP contribution in [0.25, 0.3) is 0 Å². The van der Waals surface area contributed by atoms with E-state index >= 15 is 0 Å². The molecule has 1 aromatic heterocycles. The standard InChI is InChI=1S/C20H22N4O4S2/c1-13-9-10-17(11-14(13)2)28-12-15(3)24-30(26,27)20-23-22-19(29-20)21-18(25)16-7-5-4-6-8-16/h4-11,15,24H,12H2,1-3H3,(H,21,22,25). The summed E-state index contributed by atoms with van der Waals surface area (Å²) in [5.74, 6) is 0.282. The zero-order valence-electron chi connectivity index (χ0n) is 16.7. The first-order valence-corrected chi connectivity index (χ1v) is 11.5. The van der Waals surface area contributed by atoms with Crippen molar-refractivity contribution >= 4 is 32.4 Å². The van der Waals surface area contributed by atoms with E-state index < -0.39 is 16.1 Å². The van der Waals surface area contributed by atoms with E-state index in [0.29, 0.717) is 11.3 Å². The highest BCUT2D eigenvalue weighted by molar-refractivity contribution is 7.91. The fourth-order valence-corrected chi connectivity index (χ4v) is 4.64. The van der Waals surface area contributed by atoms with Crippen LogP contribution in [0.3, 0.4) is 0 Å². The number of hydrogen-bond acceptors (Lipinski definition) is 7. The van der Waals surface area contributed by atoms with Crippen molar-refractivity contribution in [1.29, 1.82) is 0 Å². The van der Waals surface area contributed by atoms with E-state index in [4.69, 9.17) is 4.74 Å². The SMILES string of the molecule is Cc1ccc(OCC(C)NS(=O)(=O)c2nnc(NC(=O)c3ccccc3)s2)cc1C. The summed E-state index contributed by atoms with van der Waals surface area (Å²) in [5.41, 5.74) is 2.69. The molecule has 1 atom stereocenters. The lowest BCUT2D eigenvalue weighted by atomic mass is 10.1. The maximum absolute atomic E-state index is 12.6. The Labute approximate surface area is 179 Å². The Morgan fingerprint density at radius 2 is 1.83 bits per heavy atom. The first-order chi connectivity index (χ1) is 14.2. The normalized spacial score (nSPS) is 12.4. The average molecular weight is 447 g/mol. The number of aryl methyl sites for hydroxylation is 2. The fourth-order valence-electron chi connectivity index (χ4n) is 2.50. The highest BCUT2D eigenvalue weighted by Gasteiger charge is 2.23. The number of rotatable bonds is 8. The molecule has 0 saturated carbocycles. The monoisotopic (exact) mass is 446 g/mol. The summed E-state index contributed by atoms with van der Waals surface area (Å²) in [6.45, 7) is 5.84. The number of sulfonamides is 1. The van der Waals surface area contributed by atoms with Crippen LogP contribution in [0.2, 0.25) is 0 Å². The predicted octanol–water partition coefficient (Wildman–Crippen LogP) is 3.15. The molecular formula is C20H22N4O4S2. The van der Waals surface area contributed by atoms with E-state index in [1.54, 1.807) is 37.3 Å². The molecule has 0 spiro atoms. The van der Waals surface area contributed by atoms with Crippen LogP contribution in [0.5, 0.6) is 5.75 Å². The number of benzene rings is 2.